The van der Waals surface area contributed by atoms with Gasteiger partial charge in [0.05, 0.1) is 5.69 Å². The van der Waals surface area contributed by atoms with Crippen LogP contribution in [0, 0.1) is 13.8 Å². The molecule has 60 valence electrons. The molecular weight excluding hydrogens is 136 g/mol. The van der Waals surface area contributed by atoms with Crippen LogP contribution in [0.4, 0.5) is 0 Å². The van der Waals surface area contributed by atoms with Crippen LogP contribution in [0.15, 0.2) is 0 Å². The normalized spacial score (nSPS) is 16.5. The summed E-state index contributed by atoms with van der Waals surface area (Å²) in [7, 11) is 0. The second-order valence-corrected chi connectivity index (χ2v) is 3.31. The van der Waals surface area contributed by atoms with E-state index in [0.29, 0.717) is 0 Å². The molecule has 0 atom stereocenters. The third kappa shape index (κ3) is 0.971. The molecule has 2 rings (SSSR count). The van der Waals surface area contributed by atoms with Crippen molar-refractivity contribution in [3.05, 3.63) is 17.2 Å². The number of hydrogen-bond donors (Lipinski definition) is 0. The van der Waals surface area contributed by atoms with Crippen molar-refractivity contribution in [1.82, 2.24) is 9.55 Å². The summed E-state index contributed by atoms with van der Waals surface area (Å²) >= 11 is 0. The van der Waals surface area contributed by atoms with E-state index in [1.54, 1.807) is 0 Å². The lowest BCUT2D eigenvalue weighted by Crippen LogP contribution is -2.11. The number of imidazole rings is 1. The van der Waals surface area contributed by atoms with Gasteiger partial charge in [-0.25, -0.2) is 4.98 Å². The molecule has 1 aromatic rings. The molecule has 0 fully saturated rings. The Bertz CT molecular complexity index is 273. The van der Waals surface area contributed by atoms with Crippen LogP contribution < -0.4 is 0 Å². The zero-order valence-corrected chi connectivity index (χ0v) is 7.22. The molecule has 0 saturated heterocycles. The van der Waals surface area contributed by atoms with Gasteiger partial charge in [0, 0.05) is 18.7 Å². The van der Waals surface area contributed by atoms with Crippen molar-refractivity contribution in [1.29, 1.82) is 0 Å². The lowest BCUT2D eigenvalue weighted by atomic mass is 10.2. The van der Waals surface area contributed by atoms with Crippen LogP contribution >= 0.6 is 0 Å². The van der Waals surface area contributed by atoms with Crippen molar-refractivity contribution < 1.29 is 0 Å². The average molecular weight is 150 g/mol. The first-order valence-corrected chi connectivity index (χ1v) is 4.31. The number of aromatic nitrogens is 2. The molecule has 1 aliphatic heterocycles. The van der Waals surface area contributed by atoms with Gasteiger partial charge in [-0.1, -0.05) is 0 Å². The van der Waals surface area contributed by atoms with E-state index >= 15 is 0 Å². The molecule has 0 amide bonds. The smallest absolute Gasteiger partial charge is 0.109 e. The van der Waals surface area contributed by atoms with Gasteiger partial charge in [-0.3, -0.25) is 0 Å². The van der Waals surface area contributed by atoms with E-state index in [0.717, 1.165) is 0 Å². The van der Waals surface area contributed by atoms with Gasteiger partial charge in [-0.15, -0.1) is 0 Å². The molecule has 2 nitrogen and oxygen atoms in total. The van der Waals surface area contributed by atoms with E-state index in [2.05, 4.69) is 23.4 Å². The lowest BCUT2D eigenvalue weighted by molar-refractivity contribution is 0.514. The van der Waals surface area contributed by atoms with E-state index < -0.39 is 0 Å². The summed E-state index contributed by atoms with van der Waals surface area (Å²) in [6.07, 6.45) is 3.81. The van der Waals surface area contributed by atoms with Gasteiger partial charge in [-0.05, 0) is 26.7 Å². The molecule has 0 bridgehead atoms. The molecule has 0 spiro atoms. The topological polar surface area (TPSA) is 17.8 Å². The minimum absolute atomic E-state index is 1.18. The van der Waals surface area contributed by atoms with Crippen molar-refractivity contribution in [3.63, 3.8) is 0 Å². The molecule has 1 aliphatic rings. The van der Waals surface area contributed by atoms with Gasteiger partial charge in [0.2, 0.25) is 0 Å². The molecule has 0 saturated carbocycles. The molecule has 0 aliphatic carbocycles. The molecule has 0 unspecified atom stereocenters. The van der Waals surface area contributed by atoms with Gasteiger partial charge >= 0.3 is 0 Å². The Morgan fingerprint density at radius 2 is 2.09 bits per heavy atom. The molecule has 2 heterocycles. The number of nitrogens with zero attached hydrogens (tertiary/aromatic N) is 2. The molecule has 0 radical (unpaired) electrons. The van der Waals surface area contributed by atoms with Crippen LogP contribution in [0.2, 0.25) is 0 Å². The summed E-state index contributed by atoms with van der Waals surface area (Å²) in [5.74, 6) is 1.30. The van der Waals surface area contributed by atoms with Crippen LogP contribution in [-0.2, 0) is 13.0 Å². The predicted octanol–water partition coefficient (Wildman–Crippen LogP) is 1.84. The minimum Gasteiger partial charge on any atom is -0.332 e. The third-order valence-electron chi connectivity index (χ3n) is 2.57. The molecule has 1 aromatic heterocycles. The highest BCUT2D eigenvalue weighted by atomic mass is 15.1. The van der Waals surface area contributed by atoms with Crippen LogP contribution in [-0.4, -0.2) is 9.55 Å². The first-order chi connectivity index (χ1) is 5.29. The molecule has 2 heteroatoms. The summed E-state index contributed by atoms with van der Waals surface area (Å²) in [6.45, 7) is 5.44. The Morgan fingerprint density at radius 3 is 2.82 bits per heavy atom. The zero-order chi connectivity index (χ0) is 7.84. The monoisotopic (exact) mass is 150 g/mol. The number of fused-ring (bicyclic) bond motifs is 1. The van der Waals surface area contributed by atoms with Crippen LogP contribution in [0.25, 0.3) is 0 Å². The van der Waals surface area contributed by atoms with E-state index in [-0.39, 0.29) is 0 Å². The van der Waals surface area contributed by atoms with Crippen molar-refractivity contribution >= 4 is 0 Å². The van der Waals surface area contributed by atoms with Crippen molar-refractivity contribution in [2.45, 2.75) is 39.7 Å². The van der Waals surface area contributed by atoms with Crippen molar-refractivity contribution in [3.8, 4) is 0 Å². The Balaban J connectivity index is 2.50. The number of aryl methyl sites for hydroxylation is 2. The molecule has 0 N–H and O–H groups in total. The Hall–Kier alpha value is -0.790. The average Bonchev–Trinajstić information content (AvgIpc) is 2.30. The van der Waals surface area contributed by atoms with Crippen molar-refractivity contribution in [2.75, 3.05) is 0 Å². The zero-order valence-electron chi connectivity index (χ0n) is 7.22. The van der Waals surface area contributed by atoms with E-state index in [4.69, 9.17) is 0 Å². The van der Waals surface area contributed by atoms with Gasteiger partial charge in [0.15, 0.2) is 0 Å². The van der Waals surface area contributed by atoms with Gasteiger partial charge in [0.1, 0.15) is 5.82 Å². The highest BCUT2D eigenvalue weighted by Gasteiger charge is 2.13. The first kappa shape index (κ1) is 6.89. The quantitative estimate of drug-likeness (QED) is 0.551. The standard InChI is InChI=1S/C9H14N2/c1-7-8(2)11-6-4-3-5-9(11)10-7/h3-6H2,1-2H3. The van der Waals surface area contributed by atoms with Gasteiger partial charge < -0.3 is 4.57 Å². The highest BCUT2D eigenvalue weighted by molar-refractivity contribution is 5.15. The largest absolute Gasteiger partial charge is 0.332 e. The third-order valence-corrected chi connectivity index (χ3v) is 2.57. The first-order valence-electron chi connectivity index (χ1n) is 4.31. The van der Waals surface area contributed by atoms with Crippen LogP contribution in [0.3, 0.4) is 0 Å². The fourth-order valence-corrected chi connectivity index (χ4v) is 1.76. The predicted molar refractivity (Wildman–Crippen MR) is 44.6 cm³/mol. The second kappa shape index (κ2) is 2.36. The Morgan fingerprint density at radius 1 is 1.27 bits per heavy atom. The number of rotatable bonds is 0. The fraction of sp³-hybridized carbons (Fsp3) is 0.667. The summed E-state index contributed by atoms with van der Waals surface area (Å²) < 4.78 is 2.36. The molecule has 11 heavy (non-hydrogen) atoms. The summed E-state index contributed by atoms with van der Waals surface area (Å²) in [5, 5.41) is 0. The fourth-order valence-electron chi connectivity index (χ4n) is 1.76. The van der Waals surface area contributed by atoms with E-state index in [9.17, 15) is 0 Å². The van der Waals surface area contributed by atoms with Gasteiger partial charge in [-0.2, -0.15) is 0 Å². The highest BCUT2D eigenvalue weighted by Crippen LogP contribution is 2.17. The minimum atomic E-state index is 1.18. The summed E-state index contributed by atoms with van der Waals surface area (Å²) in [6, 6.07) is 0. The number of hydrogen-bond acceptors (Lipinski definition) is 1. The van der Waals surface area contributed by atoms with Crippen LogP contribution in [0.1, 0.15) is 30.1 Å². The van der Waals surface area contributed by atoms with E-state index in [1.165, 1.54) is 43.0 Å². The van der Waals surface area contributed by atoms with Crippen molar-refractivity contribution in [2.24, 2.45) is 0 Å². The lowest BCUT2D eigenvalue weighted by Gasteiger charge is -2.14. The van der Waals surface area contributed by atoms with E-state index in [1.807, 2.05) is 0 Å². The van der Waals surface area contributed by atoms with Gasteiger partial charge in [0.25, 0.3) is 0 Å². The second-order valence-electron chi connectivity index (χ2n) is 3.31. The maximum Gasteiger partial charge on any atom is 0.109 e. The summed E-state index contributed by atoms with van der Waals surface area (Å²) in [5.41, 5.74) is 2.57. The SMILES string of the molecule is Cc1nc2n(c1C)CCCC2. The van der Waals surface area contributed by atoms with Crippen LogP contribution in [0.5, 0.6) is 0 Å². The Labute approximate surface area is 67.3 Å². The Kier molecular flexibility index (Phi) is 1.48. The molecular formula is C9H14N2. The maximum atomic E-state index is 4.51. The summed E-state index contributed by atoms with van der Waals surface area (Å²) in [4.78, 5) is 4.51. The maximum absolute atomic E-state index is 4.51. The molecule has 0 aromatic carbocycles.